The predicted molar refractivity (Wildman–Crippen MR) is 65.3 cm³/mol. The van der Waals surface area contributed by atoms with E-state index in [2.05, 4.69) is 10.1 Å². The van der Waals surface area contributed by atoms with E-state index in [1.54, 1.807) is 23.0 Å². The van der Waals surface area contributed by atoms with Crippen LogP contribution in [0.4, 0.5) is 5.82 Å². The molecule has 0 amide bonds. The van der Waals surface area contributed by atoms with Crippen molar-refractivity contribution in [2.45, 2.75) is 0 Å². The second-order valence-corrected chi connectivity index (χ2v) is 4.95. The molecule has 3 heterocycles. The van der Waals surface area contributed by atoms with E-state index in [-0.39, 0.29) is 0 Å². The average molecular weight is 249 g/mol. The summed E-state index contributed by atoms with van der Waals surface area (Å²) in [5, 5.41) is 5.82. The van der Waals surface area contributed by atoms with Crippen molar-refractivity contribution in [1.29, 1.82) is 0 Å². The summed E-state index contributed by atoms with van der Waals surface area (Å²) in [6.07, 6.45) is 1.75. The van der Waals surface area contributed by atoms with E-state index < -0.39 is 0 Å². The molecule has 0 spiro atoms. The Balaban J connectivity index is 2.21. The molecule has 0 unspecified atom stereocenters. The van der Waals surface area contributed by atoms with Gasteiger partial charge in [0.05, 0.1) is 16.0 Å². The molecule has 0 aliphatic carbocycles. The molecule has 0 atom stereocenters. The molecule has 2 N–H and O–H groups in total. The van der Waals surface area contributed by atoms with Crippen molar-refractivity contribution in [3.05, 3.63) is 29.2 Å². The summed E-state index contributed by atoms with van der Waals surface area (Å²) in [6.45, 7) is 0. The van der Waals surface area contributed by atoms with Gasteiger partial charge in [0.25, 0.3) is 0 Å². The third-order valence-corrected chi connectivity index (χ3v) is 3.80. The molecule has 6 heteroatoms. The first-order chi connectivity index (χ1) is 7.86. The molecular formula is C10H7N3OS2. The SMILES string of the molecule is Nc1noc(-c2cncs2)c1-c1cccs1. The van der Waals surface area contributed by atoms with E-state index >= 15 is 0 Å². The van der Waals surface area contributed by atoms with Crippen LogP contribution in [0.15, 0.2) is 33.7 Å². The van der Waals surface area contributed by atoms with Gasteiger partial charge in [-0.25, -0.2) is 0 Å². The number of anilines is 1. The van der Waals surface area contributed by atoms with Gasteiger partial charge in [-0.05, 0) is 11.4 Å². The van der Waals surface area contributed by atoms with E-state index in [1.165, 1.54) is 11.3 Å². The number of nitrogen functional groups attached to an aromatic ring is 1. The van der Waals surface area contributed by atoms with Crippen molar-refractivity contribution in [1.82, 2.24) is 10.1 Å². The van der Waals surface area contributed by atoms with Crippen molar-refractivity contribution >= 4 is 28.5 Å². The monoisotopic (exact) mass is 249 g/mol. The van der Waals surface area contributed by atoms with Gasteiger partial charge in [-0.1, -0.05) is 11.2 Å². The van der Waals surface area contributed by atoms with Crippen LogP contribution >= 0.6 is 22.7 Å². The molecule has 0 saturated carbocycles. The Morgan fingerprint density at radius 1 is 1.25 bits per heavy atom. The summed E-state index contributed by atoms with van der Waals surface area (Å²) in [4.78, 5) is 6.02. The van der Waals surface area contributed by atoms with Crippen LogP contribution in [-0.4, -0.2) is 10.1 Å². The number of rotatable bonds is 2. The van der Waals surface area contributed by atoms with Gasteiger partial charge in [-0.15, -0.1) is 22.7 Å². The van der Waals surface area contributed by atoms with Crippen molar-refractivity contribution in [3.8, 4) is 21.1 Å². The van der Waals surface area contributed by atoms with Crippen LogP contribution in [0.25, 0.3) is 21.1 Å². The number of thiophene rings is 1. The van der Waals surface area contributed by atoms with Crippen LogP contribution < -0.4 is 5.73 Å². The maximum Gasteiger partial charge on any atom is 0.189 e. The lowest BCUT2D eigenvalue weighted by Gasteiger charge is -1.95. The zero-order valence-electron chi connectivity index (χ0n) is 8.08. The van der Waals surface area contributed by atoms with Crippen LogP contribution in [0.2, 0.25) is 0 Å². The number of aromatic nitrogens is 2. The quantitative estimate of drug-likeness (QED) is 0.758. The highest BCUT2D eigenvalue weighted by Gasteiger charge is 2.19. The Hall–Kier alpha value is -1.66. The zero-order valence-corrected chi connectivity index (χ0v) is 9.72. The molecule has 3 rings (SSSR count). The highest BCUT2D eigenvalue weighted by atomic mass is 32.1. The summed E-state index contributed by atoms with van der Waals surface area (Å²) in [6, 6.07) is 3.97. The Morgan fingerprint density at radius 3 is 2.88 bits per heavy atom. The fourth-order valence-electron chi connectivity index (χ4n) is 1.46. The van der Waals surface area contributed by atoms with Crippen LogP contribution in [0.1, 0.15) is 0 Å². The molecule has 0 radical (unpaired) electrons. The largest absolute Gasteiger partial charge is 0.380 e. The third kappa shape index (κ3) is 1.43. The van der Waals surface area contributed by atoms with E-state index in [0.29, 0.717) is 11.6 Å². The van der Waals surface area contributed by atoms with Gasteiger partial charge in [-0.2, -0.15) is 0 Å². The summed E-state index contributed by atoms with van der Waals surface area (Å²) < 4.78 is 5.27. The van der Waals surface area contributed by atoms with Crippen LogP contribution in [0.5, 0.6) is 0 Å². The lowest BCUT2D eigenvalue weighted by Crippen LogP contribution is -1.86. The predicted octanol–water partition coefficient (Wildman–Crippen LogP) is 3.11. The molecular weight excluding hydrogens is 242 g/mol. The van der Waals surface area contributed by atoms with Crippen molar-refractivity contribution in [2.75, 3.05) is 5.73 Å². The van der Waals surface area contributed by atoms with Crippen LogP contribution in [0, 0.1) is 0 Å². The summed E-state index contributed by atoms with van der Waals surface area (Å²) in [7, 11) is 0. The number of hydrogen-bond donors (Lipinski definition) is 1. The Morgan fingerprint density at radius 2 is 2.19 bits per heavy atom. The second kappa shape index (κ2) is 3.73. The first-order valence-corrected chi connectivity index (χ1v) is 6.30. The molecule has 0 aliphatic rings. The molecule has 0 aliphatic heterocycles. The van der Waals surface area contributed by atoms with Crippen molar-refractivity contribution in [3.63, 3.8) is 0 Å². The van der Waals surface area contributed by atoms with Gasteiger partial charge >= 0.3 is 0 Å². The summed E-state index contributed by atoms with van der Waals surface area (Å²) in [5.41, 5.74) is 8.44. The van der Waals surface area contributed by atoms with Crippen molar-refractivity contribution in [2.24, 2.45) is 0 Å². The summed E-state index contributed by atoms with van der Waals surface area (Å²) in [5.74, 6) is 1.12. The minimum atomic E-state index is 0.422. The van der Waals surface area contributed by atoms with Gasteiger partial charge in [0, 0.05) is 11.1 Å². The van der Waals surface area contributed by atoms with E-state index in [0.717, 1.165) is 15.3 Å². The fourth-order valence-corrected chi connectivity index (χ4v) is 2.84. The smallest absolute Gasteiger partial charge is 0.189 e. The minimum Gasteiger partial charge on any atom is -0.380 e. The Kier molecular flexibility index (Phi) is 2.23. The second-order valence-electron chi connectivity index (χ2n) is 3.11. The van der Waals surface area contributed by atoms with E-state index in [9.17, 15) is 0 Å². The maximum atomic E-state index is 5.82. The van der Waals surface area contributed by atoms with Gasteiger partial charge in [0.1, 0.15) is 0 Å². The lowest BCUT2D eigenvalue weighted by atomic mass is 10.2. The molecule has 0 bridgehead atoms. The molecule has 0 saturated heterocycles. The molecule has 80 valence electrons. The average Bonchev–Trinajstić information content (AvgIpc) is 2.96. The zero-order chi connectivity index (χ0) is 11.0. The molecule has 3 aromatic heterocycles. The molecule has 0 aromatic carbocycles. The Bertz CT molecular complexity index is 584. The number of nitrogens with two attached hydrogens (primary N) is 1. The lowest BCUT2D eigenvalue weighted by molar-refractivity contribution is 0.437. The number of thiazole rings is 1. The maximum absolute atomic E-state index is 5.82. The minimum absolute atomic E-state index is 0.422. The van der Waals surface area contributed by atoms with Gasteiger partial charge < -0.3 is 10.3 Å². The highest BCUT2D eigenvalue weighted by Crippen LogP contribution is 2.39. The first kappa shape index (κ1) is 9.56. The molecule has 0 fully saturated rings. The third-order valence-electron chi connectivity index (χ3n) is 2.14. The van der Waals surface area contributed by atoms with Gasteiger partial charge in [0.2, 0.25) is 0 Å². The molecule has 16 heavy (non-hydrogen) atoms. The van der Waals surface area contributed by atoms with Crippen LogP contribution in [-0.2, 0) is 0 Å². The van der Waals surface area contributed by atoms with Crippen molar-refractivity contribution < 1.29 is 4.52 Å². The number of nitrogens with zero attached hydrogens (tertiary/aromatic N) is 2. The molecule has 4 nitrogen and oxygen atoms in total. The highest BCUT2D eigenvalue weighted by molar-refractivity contribution is 7.14. The number of hydrogen-bond acceptors (Lipinski definition) is 6. The van der Waals surface area contributed by atoms with E-state index in [4.69, 9.17) is 10.3 Å². The summed E-state index contributed by atoms with van der Waals surface area (Å²) >= 11 is 3.12. The first-order valence-electron chi connectivity index (χ1n) is 4.54. The van der Waals surface area contributed by atoms with Gasteiger partial charge in [0.15, 0.2) is 11.6 Å². The topological polar surface area (TPSA) is 64.9 Å². The van der Waals surface area contributed by atoms with E-state index in [1.807, 2.05) is 17.5 Å². The standard InChI is InChI=1S/C10H7N3OS2/c11-10-8(6-2-1-3-15-6)9(14-13-10)7-4-12-5-16-7/h1-5H,(H2,11,13). The Labute approximate surface area is 99.4 Å². The van der Waals surface area contributed by atoms with Crippen LogP contribution in [0.3, 0.4) is 0 Å². The fraction of sp³-hybridized carbons (Fsp3) is 0. The molecule has 3 aromatic rings. The normalized spacial score (nSPS) is 10.8. The van der Waals surface area contributed by atoms with Gasteiger partial charge in [-0.3, -0.25) is 4.98 Å².